The zero-order chi connectivity index (χ0) is 13.6. The van der Waals surface area contributed by atoms with E-state index >= 15 is 0 Å². The Bertz CT molecular complexity index is 558. The summed E-state index contributed by atoms with van der Waals surface area (Å²) in [5.74, 6) is -0.477. The van der Waals surface area contributed by atoms with Gasteiger partial charge in [-0.3, -0.25) is 4.79 Å². The molecule has 0 bridgehead atoms. The van der Waals surface area contributed by atoms with Crippen molar-refractivity contribution < 1.29 is 13.2 Å². The Morgan fingerprint density at radius 2 is 1.94 bits per heavy atom. The average Bonchev–Trinajstić information content (AvgIpc) is 2.33. The second-order valence-corrected chi connectivity index (χ2v) is 5.40. The van der Waals surface area contributed by atoms with Crippen molar-refractivity contribution in [3.05, 3.63) is 35.4 Å². The summed E-state index contributed by atoms with van der Waals surface area (Å²) in [5, 5.41) is 16.0. The van der Waals surface area contributed by atoms with E-state index in [1.807, 2.05) is 6.07 Å². The van der Waals surface area contributed by atoms with Crippen molar-refractivity contribution in [1.82, 2.24) is 5.32 Å². The third-order valence-electron chi connectivity index (χ3n) is 2.17. The van der Waals surface area contributed by atoms with Crippen molar-refractivity contribution in [2.75, 3.05) is 12.3 Å². The van der Waals surface area contributed by atoms with Crippen LogP contribution in [-0.2, 0) is 10.0 Å². The molecule has 0 aromatic heterocycles. The fourth-order valence-electron chi connectivity index (χ4n) is 1.27. The molecule has 0 aliphatic rings. The molecule has 0 unspecified atom stereocenters. The summed E-state index contributed by atoms with van der Waals surface area (Å²) < 4.78 is 21.3. The van der Waals surface area contributed by atoms with Crippen molar-refractivity contribution in [3.8, 4) is 6.07 Å². The van der Waals surface area contributed by atoms with Crippen LogP contribution in [0, 0.1) is 11.3 Å². The molecule has 0 saturated heterocycles. The summed E-state index contributed by atoms with van der Waals surface area (Å²) in [5.41, 5.74) is 0.894. The number of rotatable bonds is 5. The largest absolute Gasteiger partial charge is 0.352 e. The Kier molecular flexibility index (Phi) is 4.83. The first kappa shape index (κ1) is 14.2. The van der Waals surface area contributed by atoms with Gasteiger partial charge in [0.05, 0.1) is 17.4 Å². The van der Waals surface area contributed by atoms with E-state index in [0.29, 0.717) is 11.1 Å². The first-order valence-electron chi connectivity index (χ1n) is 5.21. The molecule has 0 saturated carbocycles. The van der Waals surface area contributed by atoms with E-state index in [9.17, 15) is 13.2 Å². The number of carbonyl (C=O) groups is 1. The molecule has 0 spiro atoms. The molecular weight excluding hydrogens is 254 g/mol. The van der Waals surface area contributed by atoms with Crippen LogP contribution in [-0.4, -0.2) is 26.6 Å². The number of nitriles is 1. The summed E-state index contributed by atoms with van der Waals surface area (Å²) in [6.45, 7) is 0.231. The van der Waals surface area contributed by atoms with Gasteiger partial charge in [0.25, 0.3) is 5.91 Å². The Balaban J connectivity index is 2.43. The second-order valence-electron chi connectivity index (χ2n) is 3.67. The topological polar surface area (TPSA) is 113 Å². The molecule has 18 heavy (non-hydrogen) atoms. The zero-order valence-electron chi connectivity index (χ0n) is 9.59. The monoisotopic (exact) mass is 267 g/mol. The van der Waals surface area contributed by atoms with Crippen LogP contribution in [0.4, 0.5) is 0 Å². The van der Waals surface area contributed by atoms with Gasteiger partial charge in [0.2, 0.25) is 10.0 Å². The quantitative estimate of drug-likeness (QED) is 0.729. The minimum atomic E-state index is -3.48. The SMILES string of the molecule is N#Cc1ccc(C(=O)NCCCS(N)(=O)=O)cc1. The van der Waals surface area contributed by atoms with E-state index in [4.69, 9.17) is 10.4 Å². The molecule has 3 N–H and O–H groups in total. The molecule has 0 atom stereocenters. The predicted molar refractivity (Wildman–Crippen MR) is 66.1 cm³/mol. The third-order valence-corrected chi connectivity index (χ3v) is 3.03. The summed E-state index contributed by atoms with van der Waals surface area (Å²) in [4.78, 5) is 11.6. The van der Waals surface area contributed by atoms with Gasteiger partial charge < -0.3 is 5.32 Å². The lowest BCUT2D eigenvalue weighted by atomic mass is 10.1. The van der Waals surface area contributed by atoms with Crippen LogP contribution in [0.15, 0.2) is 24.3 Å². The number of benzene rings is 1. The highest BCUT2D eigenvalue weighted by Gasteiger charge is 2.06. The predicted octanol–water partition coefficient (Wildman–Crippen LogP) is -0.0333. The van der Waals surface area contributed by atoms with E-state index in [0.717, 1.165) is 0 Å². The van der Waals surface area contributed by atoms with Gasteiger partial charge in [0.1, 0.15) is 0 Å². The zero-order valence-corrected chi connectivity index (χ0v) is 10.4. The smallest absolute Gasteiger partial charge is 0.251 e. The number of sulfonamides is 1. The molecule has 1 aromatic carbocycles. The highest BCUT2D eigenvalue weighted by Crippen LogP contribution is 2.02. The Labute approximate surface area is 105 Å². The molecule has 1 aromatic rings. The fraction of sp³-hybridized carbons (Fsp3) is 0.273. The van der Waals surface area contributed by atoms with Crippen LogP contribution in [0.2, 0.25) is 0 Å². The molecular formula is C11H13N3O3S. The molecule has 96 valence electrons. The maximum absolute atomic E-state index is 11.6. The lowest BCUT2D eigenvalue weighted by molar-refractivity contribution is 0.0953. The number of nitrogens with zero attached hydrogens (tertiary/aromatic N) is 1. The standard InChI is InChI=1S/C11H13N3O3S/c12-8-9-2-4-10(5-3-9)11(15)14-6-1-7-18(13,16)17/h2-5H,1,6-7H2,(H,14,15)(H2,13,16,17). The van der Waals surface area contributed by atoms with E-state index in [1.165, 1.54) is 12.1 Å². The van der Waals surface area contributed by atoms with Crippen molar-refractivity contribution in [2.24, 2.45) is 5.14 Å². The number of carbonyl (C=O) groups excluding carboxylic acids is 1. The maximum Gasteiger partial charge on any atom is 0.251 e. The maximum atomic E-state index is 11.6. The third kappa shape index (κ3) is 4.95. The summed E-state index contributed by atoms with van der Waals surface area (Å²) in [6, 6.07) is 8.10. The number of amides is 1. The lowest BCUT2D eigenvalue weighted by Crippen LogP contribution is -2.27. The lowest BCUT2D eigenvalue weighted by Gasteiger charge is -2.04. The normalized spacial score (nSPS) is 10.7. The minimum absolute atomic E-state index is 0.166. The van der Waals surface area contributed by atoms with Crippen LogP contribution in [0.5, 0.6) is 0 Å². The summed E-state index contributed by atoms with van der Waals surface area (Å²) in [6.07, 6.45) is 0.265. The second kappa shape index (κ2) is 6.14. The molecule has 0 aliphatic carbocycles. The number of hydrogen-bond donors (Lipinski definition) is 2. The van der Waals surface area contributed by atoms with Gasteiger partial charge in [-0.05, 0) is 30.7 Å². The van der Waals surface area contributed by atoms with Crippen LogP contribution in [0.1, 0.15) is 22.3 Å². The Morgan fingerprint density at radius 3 is 2.44 bits per heavy atom. The molecule has 0 fully saturated rings. The van der Waals surface area contributed by atoms with Crippen LogP contribution < -0.4 is 10.5 Å². The first-order valence-corrected chi connectivity index (χ1v) is 6.93. The average molecular weight is 267 g/mol. The number of nitrogens with two attached hydrogens (primary N) is 1. The van der Waals surface area contributed by atoms with Crippen molar-refractivity contribution >= 4 is 15.9 Å². The van der Waals surface area contributed by atoms with E-state index in [1.54, 1.807) is 12.1 Å². The summed E-state index contributed by atoms with van der Waals surface area (Å²) in [7, 11) is -3.48. The van der Waals surface area contributed by atoms with Crippen LogP contribution in [0.3, 0.4) is 0 Å². The van der Waals surface area contributed by atoms with Crippen molar-refractivity contribution in [1.29, 1.82) is 5.26 Å². The Morgan fingerprint density at radius 1 is 1.33 bits per heavy atom. The molecule has 1 amide bonds. The van der Waals surface area contributed by atoms with Gasteiger partial charge in [-0.2, -0.15) is 5.26 Å². The van der Waals surface area contributed by atoms with Crippen molar-refractivity contribution in [3.63, 3.8) is 0 Å². The van der Waals surface area contributed by atoms with Crippen molar-refractivity contribution in [2.45, 2.75) is 6.42 Å². The van der Waals surface area contributed by atoms with Gasteiger partial charge in [-0.1, -0.05) is 0 Å². The molecule has 7 heteroatoms. The highest BCUT2D eigenvalue weighted by atomic mass is 32.2. The Hall–Kier alpha value is -1.91. The van der Waals surface area contributed by atoms with Gasteiger partial charge >= 0.3 is 0 Å². The van der Waals surface area contributed by atoms with Gasteiger partial charge in [0, 0.05) is 12.1 Å². The first-order chi connectivity index (χ1) is 8.42. The van der Waals surface area contributed by atoms with Gasteiger partial charge in [-0.15, -0.1) is 0 Å². The summed E-state index contributed by atoms with van der Waals surface area (Å²) >= 11 is 0. The van der Waals surface area contributed by atoms with E-state index in [2.05, 4.69) is 5.32 Å². The number of nitrogens with one attached hydrogen (secondary N) is 1. The molecule has 0 aliphatic heterocycles. The highest BCUT2D eigenvalue weighted by molar-refractivity contribution is 7.89. The molecule has 1 rings (SSSR count). The number of hydrogen-bond acceptors (Lipinski definition) is 4. The fourth-order valence-corrected chi connectivity index (χ4v) is 1.82. The molecule has 6 nitrogen and oxygen atoms in total. The van der Waals surface area contributed by atoms with Gasteiger partial charge in [-0.25, -0.2) is 13.6 Å². The minimum Gasteiger partial charge on any atom is -0.352 e. The molecule has 0 heterocycles. The van der Waals surface area contributed by atoms with Gasteiger partial charge in [0.15, 0.2) is 0 Å². The van der Waals surface area contributed by atoms with E-state index < -0.39 is 10.0 Å². The van der Waals surface area contributed by atoms with Crippen LogP contribution in [0.25, 0.3) is 0 Å². The number of primary sulfonamides is 1. The van der Waals surface area contributed by atoms with Crippen LogP contribution >= 0.6 is 0 Å². The molecule has 0 radical (unpaired) electrons. The van der Waals surface area contributed by atoms with E-state index in [-0.39, 0.29) is 24.6 Å².